The first-order chi connectivity index (χ1) is 15.2. The molecule has 6 rings (SSSR count). The maximum Gasteiger partial charge on any atom is 0.258 e. The van der Waals surface area contributed by atoms with Crippen molar-refractivity contribution in [2.24, 2.45) is 5.92 Å². The zero-order valence-corrected chi connectivity index (χ0v) is 17.6. The summed E-state index contributed by atoms with van der Waals surface area (Å²) in [5, 5.41) is 2.38. The van der Waals surface area contributed by atoms with Gasteiger partial charge in [-0.05, 0) is 52.4 Å². The lowest BCUT2D eigenvalue weighted by Gasteiger charge is -2.43. The largest absolute Gasteiger partial charge is 0.311 e. The van der Waals surface area contributed by atoms with Crippen molar-refractivity contribution in [1.29, 1.82) is 0 Å². The molecule has 4 aromatic rings. The van der Waals surface area contributed by atoms with Crippen molar-refractivity contribution in [1.82, 2.24) is 9.47 Å². The van der Waals surface area contributed by atoms with Gasteiger partial charge in [-0.3, -0.25) is 9.69 Å². The number of rotatable bonds is 3. The number of hydrogen-bond donors (Lipinski definition) is 0. The number of pyridine rings is 1. The summed E-state index contributed by atoms with van der Waals surface area (Å²) in [7, 11) is 0. The molecule has 0 unspecified atom stereocenters. The van der Waals surface area contributed by atoms with Crippen LogP contribution in [0.1, 0.15) is 23.6 Å². The topological polar surface area (TPSA) is 25.2 Å². The van der Waals surface area contributed by atoms with Gasteiger partial charge in [0.1, 0.15) is 0 Å². The first-order valence-corrected chi connectivity index (χ1v) is 11.2. The lowest BCUT2D eigenvalue weighted by Crippen LogP contribution is -2.46. The molecule has 0 spiro atoms. The van der Waals surface area contributed by atoms with Crippen LogP contribution >= 0.6 is 0 Å². The lowest BCUT2D eigenvalue weighted by molar-refractivity contribution is 0.114. The van der Waals surface area contributed by atoms with E-state index in [-0.39, 0.29) is 5.56 Å². The van der Waals surface area contributed by atoms with E-state index in [0.29, 0.717) is 11.8 Å². The third-order valence-electron chi connectivity index (χ3n) is 6.99. The van der Waals surface area contributed by atoms with Crippen molar-refractivity contribution in [2.75, 3.05) is 13.1 Å². The lowest BCUT2D eigenvalue weighted by atomic mass is 9.82. The summed E-state index contributed by atoms with van der Waals surface area (Å²) in [5.41, 5.74) is 4.57. The molecule has 31 heavy (non-hydrogen) atoms. The fraction of sp³-hybridized carbons (Fsp3) is 0.250. The molecule has 3 heteroatoms. The normalized spacial score (nSPS) is 20.5. The summed E-state index contributed by atoms with van der Waals surface area (Å²) in [6.45, 7) is 3.92. The highest BCUT2D eigenvalue weighted by Gasteiger charge is 2.34. The van der Waals surface area contributed by atoms with E-state index >= 15 is 0 Å². The van der Waals surface area contributed by atoms with E-state index in [1.54, 1.807) is 0 Å². The Morgan fingerprint density at radius 3 is 2.45 bits per heavy atom. The maximum atomic E-state index is 13.5. The Hall–Kier alpha value is -3.17. The highest BCUT2D eigenvalue weighted by molar-refractivity contribution is 5.87. The van der Waals surface area contributed by atoms with E-state index in [1.165, 1.54) is 28.5 Å². The van der Waals surface area contributed by atoms with Gasteiger partial charge in [0, 0.05) is 43.4 Å². The molecule has 0 aliphatic carbocycles. The van der Waals surface area contributed by atoms with Crippen LogP contribution in [-0.2, 0) is 13.1 Å². The van der Waals surface area contributed by atoms with Crippen LogP contribution in [0.3, 0.4) is 0 Å². The standard InChI is InChI=1S/C28H26N2O/c31-28-26(24-11-10-22-8-4-5-9-23(22)15-24)12-13-27-25-14-21(18-30(27)28)17-29(19-25)16-20-6-2-1-3-7-20/h1-13,15,21,25H,14,16-19H2/t21-,25+/m0/s1. The summed E-state index contributed by atoms with van der Waals surface area (Å²) in [4.78, 5) is 16.1. The Kier molecular flexibility index (Phi) is 4.50. The van der Waals surface area contributed by atoms with Crippen LogP contribution < -0.4 is 5.56 Å². The summed E-state index contributed by atoms with van der Waals surface area (Å²) >= 11 is 0. The van der Waals surface area contributed by atoms with Crippen molar-refractivity contribution in [3.05, 3.63) is 107 Å². The zero-order chi connectivity index (χ0) is 20.8. The van der Waals surface area contributed by atoms with Gasteiger partial charge >= 0.3 is 0 Å². The van der Waals surface area contributed by atoms with Crippen molar-refractivity contribution < 1.29 is 0 Å². The third-order valence-corrected chi connectivity index (χ3v) is 6.99. The molecule has 3 nitrogen and oxygen atoms in total. The second kappa shape index (κ2) is 7.51. The van der Waals surface area contributed by atoms with Gasteiger partial charge in [0.05, 0.1) is 0 Å². The number of nitrogens with zero attached hydrogens (tertiary/aromatic N) is 2. The molecule has 0 saturated carbocycles. The monoisotopic (exact) mass is 406 g/mol. The van der Waals surface area contributed by atoms with Crippen molar-refractivity contribution in [3.8, 4) is 11.1 Å². The first kappa shape index (κ1) is 18.6. The minimum atomic E-state index is 0.166. The molecule has 2 aliphatic heterocycles. The van der Waals surface area contributed by atoms with E-state index in [4.69, 9.17) is 0 Å². The molecule has 1 saturated heterocycles. The van der Waals surface area contributed by atoms with Crippen molar-refractivity contribution >= 4 is 10.8 Å². The molecular weight excluding hydrogens is 380 g/mol. The summed E-state index contributed by atoms with van der Waals surface area (Å²) < 4.78 is 2.07. The van der Waals surface area contributed by atoms with Gasteiger partial charge in [0.15, 0.2) is 0 Å². The average molecular weight is 407 g/mol. The number of hydrogen-bond acceptors (Lipinski definition) is 2. The maximum absolute atomic E-state index is 13.5. The summed E-state index contributed by atoms with van der Waals surface area (Å²) in [5.74, 6) is 0.981. The van der Waals surface area contributed by atoms with Gasteiger partial charge in [-0.2, -0.15) is 0 Å². The number of piperidine rings is 1. The second-order valence-corrected chi connectivity index (χ2v) is 9.13. The van der Waals surface area contributed by atoms with Crippen LogP contribution in [0.15, 0.2) is 89.7 Å². The molecule has 2 atom stereocenters. The molecular formula is C28H26N2O. The fourth-order valence-corrected chi connectivity index (χ4v) is 5.59. The van der Waals surface area contributed by atoms with Gasteiger partial charge in [0.25, 0.3) is 5.56 Å². The van der Waals surface area contributed by atoms with E-state index in [2.05, 4.69) is 88.3 Å². The van der Waals surface area contributed by atoms with Gasteiger partial charge in [-0.1, -0.05) is 66.7 Å². The zero-order valence-electron chi connectivity index (χ0n) is 17.6. The molecule has 1 aromatic heterocycles. The smallest absolute Gasteiger partial charge is 0.258 e. The minimum absolute atomic E-state index is 0.166. The summed E-state index contributed by atoms with van der Waals surface area (Å²) in [6.07, 6.45) is 1.19. The molecule has 0 radical (unpaired) electrons. The minimum Gasteiger partial charge on any atom is -0.311 e. The van der Waals surface area contributed by atoms with Crippen LogP contribution in [0.2, 0.25) is 0 Å². The molecule has 154 valence electrons. The van der Waals surface area contributed by atoms with Crippen LogP contribution in [0.4, 0.5) is 0 Å². The molecule has 0 amide bonds. The number of aromatic nitrogens is 1. The molecule has 3 heterocycles. The van der Waals surface area contributed by atoms with E-state index in [9.17, 15) is 4.79 Å². The van der Waals surface area contributed by atoms with Crippen molar-refractivity contribution in [2.45, 2.75) is 25.4 Å². The SMILES string of the molecule is O=c1c(-c2ccc3ccccc3c2)ccc2n1C[C@H]1C[C@@H]2CN(Cc2ccccc2)C1. The average Bonchev–Trinajstić information content (AvgIpc) is 2.80. The van der Waals surface area contributed by atoms with Gasteiger partial charge in [-0.25, -0.2) is 0 Å². The van der Waals surface area contributed by atoms with E-state index in [0.717, 1.165) is 37.3 Å². The second-order valence-electron chi connectivity index (χ2n) is 9.13. The Labute approximate surface area is 182 Å². The highest BCUT2D eigenvalue weighted by Crippen LogP contribution is 2.36. The third kappa shape index (κ3) is 3.39. The number of likely N-dealkylation sites (tertiary alicyclic amines) is 1. The molecule has 1 fully saturated rings. The van der Waals surface area contributed by atoms with Gasteiger partial charge < -0.3 is 4.57 Å². The Morgan fingerprint density at radius 1 is 0.774 bits per heavy atom. The quantitative estimate of drug-likeness (QED) is 0.462. The highest BCUT2D eigenvalue weighted by atomic mass is 16.1. The number of fused-ring (bicyclic) bond motifs is 5. The molecule has 3 aromatic carbocycles. The van der Waals surface area contributed by atoms with Crippen LogP contribution in [-0.4, -0.2) is 22.6 Å². The van der Waals surface area contributed by atoms with E-state index in [1.807, 2.05) is 6.07 Å². The molecule has 0 N–H and O–H groups in total. The predicted octanol–water partition coefficient (Wildman–Crippen LogP) is 5.29. The molecule has 2 aliphatic rings. The van der Waals surface area contributed by atoms with Crippen LogP contribution in [0, 0.1) is 5.92 Å². The fourth-order valence-electron chi connectivity index (χ4n) is 5.59. The van der Waals surface area contributed by atoms with Crippen LogP contribution in [0.25, 0.3) is 21.9 Å². The Morgan fingerprint density at radius 2 is 1.58 bits per heavy atom. The molecule has 2 bridgehead atoms. The van der Waals surface area contributed by atoms with Crippen molar-refractivity contribution in [3.63, 3.8) is 0 Å². The first-order valence-electron chi connectivity index (χ1n) is 11.2. The predicted molar refractivity (Wildman–Crippen MR) is 126 cm³/mol. The summed E-state index contributed by atoms with van der Waals surface area (Å²) in [6, 6.07) is 29.6. The Balaban J connectivity index is 1.32. The van der Waals surface area contributed by atoms with E-state index < -0.39 is 0 Å². The van der Waals surface area contributed by atoms with Crippen LogP contribution in [0.5, 0.6) is 0 Å². The Bertz CT molecular complexity index is 1310. The van der Waals surface area contributed by atoms with Gasteiger partial charge in [-0.15, -0.1) is 0 Å². The number of benzene rings is 3. The van der Waals surface area contributed by atoms with Gasteiger partial charge in [0.2, 0.25) is 0 Å².